The van der Waals surface area contributed by atoms with Crippen molar-refractivity contribution in [2.75, 3.05) is 6.54 Å². The first-order valence-corrected chi connectivity index (χ1v) is 7.08. The van der Waals surface area contributed by atoms with Gasteiger partial charge in [-0.2, -0.15) is 13.2 Å². The predicted octanol–water partition coefficient (Wildman–Crippen LogP) is 2.74. The molecule has 0 aliphatic rings. The van der Waals surface area contributed by atoms with Crippen LogP contribution in [0.3, 0.4) is 0 Å². The van der Waals surface area contributed by atoms with Crippen LogP contribution < -0.4 is 0 Å². The highest BCUT2D eigenvalue weighted by atomic mass is 19.4. The molecule has 2 rings (SSSR count). The molecule has 1 amide bonds. The molecule has 0 atom stereocenters. The van der Waals surface area contributed by atoms with E-state index in [0.29, 0.717) is 5.69 Å². The van der Waals surface area contributed by atoms with Crippen molar-refractivity contribution in [2.24, 2.45) is 0 Å². The molecule has 0 aliphatic carbocycles. The average molecular weight is 326 g/mol. The molecule has 0 unspecified atom stereocenters. The van der Waals surface area contributed by atoms with Crippen molar-refractivity contribution >= 4 is 5.91 Å². The summed E-state index contributed by atoms with van der Waals surface area (Å²) in [4.78, 5) is 12.9. The monoisotopic (exact) mass is 326 g/mol. The van der Waals surface area contributed by atoms with Crippen LogP contribution in [0.1, 0.15) is 13.8 Å². The number of hydrogen-bond donors (Lipinski definition) is 0. The highest BCUT2D eigenvalue weighted by molar-refractivity contribution is 5.76. The Morgan fingerprint density at radius 3 is 2.48 bits per heavy atom. The van der Waals surface area contributed by atoms with E-state index in [1.54, 1.807) is 20.0 Å². The summed E-state index contributed by atoms with van der Waals surface area (Å²) in [5.74, 6) is -0.651. The summed E-state index contributed by atoms with van der Waals surface area (Å²) in [7, 11) is 0. The van der Waals surface area contributed by atoms with Crippen molar-refractivity contribution in [2.45, 2.75) is 32.6 Å². The van der Waals surface area contributed by atoms with Crippen LogP contribution in [0, 0.1) is 0 Å². The van der Waals surface area contributed by atoms with Crippen LogP contribution in [-0.2, 0) is 11.3 Å². The van der Waals surface area contributed by atoms with E-state index in [1.807, 2.05) is 30.3 Å². The molecule has 0 aliphatic heterocycles. The van der Waals surface area contributed by atoms with E-state index >= 15 is 0 Å². The summed E-state index contributed by atoms with van der Waals surface area (Å²) >= 11 is 0. The first-order valence-electron chi connectivity index (χ1n) is 7.08. The van der Waals surface area contributed by atoms with Crippen LogP contribution in [0.5, 0.6) is 0 Å². The summed E-state index contributed by atoms with van der Waals surface area (Å²) in [6, 6.07) is 8.64. The van der Waals surface area contributed by atoms with Gasteiger partial charge in [0.25, 0.3) is 0 Å². The third-order valence-electron chi connectivity index (χ3n) is 3.20. The van der Waals surface area contributed by atoms with E-state index in [2.05, 4.69) is 10.3 Å². The van der Waals surface area contributed by atoms with E-state index in [9.17, 15) is 18.0 Å². The topological polar surface area (TPSA) is 51.0 Å². The lowest BCUT2D eigenvalue weighted by molar-refractivity contribution is -0.165. The normalized spacial score (nSPS) is 11.7. The first-order chi connectivity index (χ1) is 10.8. The SMILES string of the molecule is CC(C)N(CC(F)(F)F)C(=O)Cn1cc(-c2ccccc2)nn1. The fourth-order valence-electron chi connectivity index (χ4n) is 2.10. The Morgan fingerprint density at radius 1 is 1.26 bits per heavy atom. The number of nitrogens with zero attached hydrogens (tertiary/aromatic N) is 4. The minimum atomic E-state index is -4.43. The standard InChI is InChI=1S/C15H17F3N4O/c1-11(2)22(10-15(16,17)18)14(23)9-21-8-13(19-20-21)12-6-4-3-5-7-12/h3-8,11H,9-10H2,1-2H3. The largest absolute Gasteiger partial charge is 0.406 e. The molecule has 1 aromatic carbocycles. The molecule has 0 N–H and O–H groups in total. The molecule has 8 heteroatoms. The molecule has 5 nitrogen and oxygen atoms in total. The molecule has 1 aromatic heterocycles. The minimum absolute atomic E-state index is 0.284. The predicted molar refractivity (Wildman–Crippen MR) is 78.4 cm³/mol. The second-order valence-electron chi connectivity index (χ2n) is 5.40. The molecular formula is C15H17F3N4O. The number of halogens is 3. The molecule has 0 fully saturated rings. The van der Waals surface area contributed by atoms with Crippen LogP contribution in [0.15, 0.2) is 36.5 Å². The number of rotatable bonds is 5. The Bertz CT molecular complexity index is 652. The van der Waals surface area contributed by atoms with Crippen LogP contribution in [0.25, 0.3) is 11.3 Å². The van der Waals surface area contributed by atoms with E-state index in [1.165, 1.54) is 4.68 Å². The van der Waals surface area contributed by atoms with Crippen LogP contribution >= 0.6 is 0 Å². The van der Waals surface area contributed by atoms with Gasteiger partial charge in [-0.25, -0.2) is 4.68 Å². The third-order valence-corrected chi connectivity index (χ3v) is 3.20. The van der Waals surface area contributed by atoms with Gasteiger partial charge in [0.2, 0.25) is 5.91 Å². The van der Waals surface area contributed by atoms with Gasteiger partial charge < -0.3 is 4.90 Å². The highest BCUT2D eigenvalue weighted by Gasteiger charge is 2.34. The number of amides is 1. The zero-order valence-electron chi connectivity index (χ0n) is 12.8. The molecule has 2 aromatic rings. The van der Waals surface area contributed by atoms with Crippen molar-refractivity contribution in [1.82, 2.24) is 19.9 Å². The molecule has 0 bridgehead atoms. The maximum atomic E-state index is 12.6. The number of carbonyl (C=O) groups excluding carboxylic acids is 1. The van der Waals surface area contributed by atoms with Gasteiger partial charge in [0.05, 0.1) is 6.20 Å². The van der Waals surface area contributed by atoms with Crippen LogP contribution in [-0.4, -0.2) is 44.6 Å². The van der Waals surface area contributed by atoms with Gasteiger partial charge in [-0.05, 0) is 13.8 Å². The Balaban J connectivity index is 2.09. The maximum absolute atomic E-state index is 12.6. The molecule has 1 heterocycles. The molecule has 124 valence electrons. The number of alkyl halides is 3. The van der Waals surface area contributed by atoms with Crippen LogP contribution in [0.4, 0.5) is 13.2 Å². The van der Waals surface area contributed by atoms with Gasteiger partial charge in [-0.15, -0.1) is 5.10 Å². The van der Waals surface area contributed by atoms with Crippen molar-refractivity contribution in [3.8, 4) is 11.3 Å². The summed E-state index contributed by atoms with van der Waals surface area (Å²) in [5.41, 5.74) is 1.38. The zero-order valence-corrected chi connectivity index (χ0v) is 12.8. The molecule has 23 heavy (non-hydrogen) atoms. The van der Waals surface area contributed by atoms with E-state index < -0.39 is 24.7 Å². The van der Waals surface area contributed by atoms with Gasteiger partial charge in [0.15, 0.2) is 0 Å². The van der Waals surface area contributed by atoms with Crippen molar-refractivity contribution in [3.63, 3.8) is 0 Å². The van der Waals surface area contributed by atoms with E-state index in [4.69, 9.17) is 0 Å². The maximum Gasteiger partial charge on any atom is 0.406 e. The average Bonchev–Trinajstić information content (AvgIpc) is 2.93. The fraction of sp³-hybridized carbons (Fsp3) is 0.400. The van der Waals surface area contributed by atoms with Gasteiger partial charge in [0, 0.05) is 11.6 Å². The zero-order chi connectivity index (χ0) is 17.0. The number of hydrogen-bond acceptors (Lipinski definition) is 3. The second-order valence-corrected chi connectivity index (χ2v) is 5.40. The van der Waals surface area contributed by atoms with E-state index in [-0.39, 0.29) is 6.54 Å². The van der Waals surface area contributed by atoms with Crippen molar-refractivity contribution < 1.29 is 18.0 Å². The Labute approximate surface area is 131 Å². The lowest BCUT2D eigenvalue weighted by Crippen LogP contribution is -2.44. The van der Waals surface area contributed by atoms with Crippen molar-refractivity contribution in [3.05, 3.63) is 36.5 Å². The molecule has 0 radical (unpaired) electrons. The number of benzene rings is 1. The minimum Gasteiger partial charge on any atom is -0.330 e. The summed E-state index contributed by atoms with van der Waals surface area (Å²) in [6.07, 6.45) is -2.89. The number of carbonyl (C=O) groups is 1. The molecule has 0 saturated heterocycles. The number of aromatic nitrogens is 3. The van der Waals surface area contributed by atoms with E-state index in [0.717, 1.165) is 10.5 Å². The lowest BCUT2D eigenvalue weighted by atomic mass is 10.2. The summed E-state index contributed by atoms with van der Waals surface area (Å²) in [5, 5.41) is 7.75. The molecular weight excluding hydrogens is 309 g/mol. The van der Waals surface area contributed by atoms with Gasteiger partial charge in [0.1, 0.15) is 18.8 Å². The summed E-state index contributed by atoms with van der Waals surface area (Å²) in [6.45, 7) is 1.53. The first kappa shape index (κ1) is 17.0. The third kappa shape index (κ3) is 4.80. The van der Waals surface area contributed by atoms with Gasteiger partial charge >= 0.3 is 6.18 Å². The summed E-state index contributed by atoms with van der Waals surface area (Å²) < 4.78 is 38.9. The quantitative estimate of drug-likeness (QED) is 0.849. The van der Waals surface area contributed by atoms with Crippen molar-refractivity contribution in [1.29, 1.82) is 0 Å². The fourth-order valence-corrected chi connectivity index (χ4v) is 2.10. The smallest absolute Gasteiger partial charge is 0.330 e. The second kappa shape index (κ2) is 6.80. The van der Waals surface area contributed by atoms with Gasteiger partial charge in [-0.3, -0.25) is 4.79 Å². The highest BCUT2D eigenvalue weighted by Crippen LogP contribution is 2.19. The molecule has 0 spiro atoms. The van der Waals surface area contributed by atoms with Crippen LogP contribution in [0.2, 0.25) is 0 Å². The molecule has 0 saturated carbocycles. The Kier molecular flexibility index (Phi) is 5.02. The Hall–Kier alpha value is -2.38. The lowest BCUT2D eigenvalue weighted by Gasteiger charge is -2.27. The Morgan fingerprint density at radius 2 is 1.91 bits per heavy atom. The van der Waals surface area contributed by atoms with Gasteiger partial charge in [-0.1, -0.05) is 35.5 Å².